The Hall–Kier alpha value is -1.95. The first-order valence-corrected chi connectivity index (χ1v) is 7.34. The molecular weight excluding hydrogens is 308 g/mol. The SMILES string of the molecule is CCOC(=O)N[C@H](C(=O)Nc1ccc(OC)c(Cl)c1)C(C)C. The molecule has 0 aromatic heterocycles. The summed E-state index contributed by atoms with van der Waals surface area (Å²) >= 11 is 6.01. The molecule has 0 unspecified atom stereocenters. The van der Waals surface area contributed by atoms with Crippen molar-refractivity contribution in [3.63, 3.8) is 0 Å². The van der Waals surface area contributed by atoms with Gasteiger partial charge < -0.3 is 20.1 Å². The van der Waals surface area contributed by atoms with Gasteiger partial charge in [0.1, 0.15) is 11.8 Å². The summed E-state index contributed by atoms with van der Waals surface area (Å²) in [6.45, 7) is 5.60. The largest absolute Gasteiger partial charge is 0.495 e. The van der Waals surface area contributed by atoms with Gasteiger partial charge in [-0.05, 0) is 31.0 Å². The maximum absolute atomic E-state index is 12.3. The molecule has 122 valence electrons. The van der Waals surface area contributed by atoms with Crippen molar-refractivity contribution < 1.29 is 19.1 Å². The van der Waals surface area contributed by atoms with Crippen LogP contribution in [0.2, 0.25) is 5.02 Å². The Balaban J connectivity index is 2.78. The number of carbonyl (C=O) groups is 2. The minimum absolute atomic E-state index is 0.0990. The standard InChI is InChI=1S/C15H21ClN2O4/c1-5-22-15(20)18-13(9(2)3)14(19)17-10-6-7-12(21-4)11(16)8-10/h6-9,13H,5H2,1-4H3,(H,17,19)(H,18,20)/t13-/m0/s1. The van der Waals surface area contributed by atoms with Gasteiger partial charge in [-0.2, -0.15) is 0 Å². The molecule has 0 aliphatic carbocycles. The Morgan fingerprint density at radius 3 is 2.50 bits per heavy atom. The zero-order valence-electron chi connectivity index (χ0n) is 13.1. The molecule has 0 heterocycles. The van der Waals surface area contributed by atoms with Crippen LogP contribution in [-0.4, -0.2) is 31.8 Å². The number of anilines is 1. The number of alkyl carbamates (subject to hydrolysis) is 1. The molecule has 0 radical (unpaired) electrons. The highest BCUT2D eigenvalue weighted by molar-refractivity contribution is 6.32. The number of methoxy groups -OCH3 is 1. The number of benzene rings is 1. The van der Waals surface area contributed by atoms with Crippen LogP contribution in [0.15, 0.2) is 18.2 Å². The summed E-state index contributed by atoms with van der Waals surface area (Å²) in [4.78, 5) is 23.8. The van der Waals surface area contributed by atoms with Gasteiger partial charge in [0.2, 0.25) is 5.91 Å². The lowest BCUT2D eigenvalue weighted by atomic mass is 10.0. The predicted octanol–water partition coefficient (Wildman–Crippen LogP) is 3.06. The number of halogens is 1. The quantitative estimate of drug-likeness (QED) is 0.841. The Morgan fingerprint density at radius 2 is 2.00 bits per heavy atom. The van der Waals surface area contributed by atoms with Crippen molar-refractivity contribution in [2.45, 2.75) is 26.8 Å². The topological polar surface area (TPSA) is 76.7 Å². The van der Waals surface area contributed by atoms with Crippen molar-refractivity contribution in [3.05, 3.63) is 23.2 Å². The smallest absolute Gasteiger partial charge is 0.407 e. The Morgan fingerprint density at radius 1 is 1.32 bits per heavy atom. The predicted molar refractivity (Wildman–Crippen MR) is 85.4 cm³/mol. The van der Waals surface area contributed by atoms with Crippen LogP contribution in [0, 0.1) is 5.92 Å². The number of hydrogen-bond donors (Lipinski definition) is 2. The third-order valence-corrected chi connectivity index (χ3v) is 3.21. The molecule has 7 heteroatoms. The van der Waals surface area contributed by atoms with Crippen LogP contribution >= 0.6 is 11.6 Å². The van der Waals surface area contributed by atoms with Gasteiger partial charge in [0.05, 0.1) is 18.7 Å². The average Bonchev–Trinajstić information content (AvgIpc) is 2.44. The third-order valence-electron chi connectivity index (χ3n) is 2.92. The normalized spacial score (nSPS) is 11.7. The molecular formula is C15H21ClN2O4. The van der Waals surface area contributed by atoms with Gasteiger partial charge in [-0.3, -0.25) is 4.79 Å². The van der Waals surface area contributed by atoms with E-state index in [1.54, 1.807) is 25.1 Å². The molecule has 0 aliphatic rings. The molecule has 6 nitrogen and oxygen atoms in total. The van der Waals surface area contributed by atoms with Gasteiger partial charge in [-0.25, -0.2) is 4.79 Å². The fourth-order valence-electron chi connectivity index (χ4n) is 1.80. The van der Waals surface area contributed by atoms with E-state index < -0.39 is 12.1 Å². The van der Waals surface area contributed by atoms with Crippen LogP contribution in [0.5, 0.6) is 5.75 Å². The Bertz CT molecular complexity index is 534. The van der Waals surface area contributed by atoms with Crippen LogP contribution in [0.3, 0.4) is 0 Å². The number of hydrogen-bond acceptors (Lipinski definition) is 4. The van der Waals surface area contributed by atoms with Gasteiger partial charge >= 0.3 is 6.09 Å². The van der Waals surface area contributed by atoms with Crippen LogP contribution in [-0.2, 0) is 9.53 Å². The fourth-order valence-corrected chi connectivity index (χ4v) is 2.06. The van der Waals surface area contributed by atoms with E-state index in [4.69, 9.17) is 21.1 Å². The number of amides is 2. The zero-order valence-corrected chi connectivity index (χ0v) is 13.9. The summed E-state index contributed by atoms with van der Waals surface area (Å²) in [5.74, 6) is 0.0761. The second-order valence-electron chi connectivity index (χ2n) is 4.93. The highest BCUT2D eigenvalue weighted by atomic mass is 35.5. The van der Waals surface area contributed by atoms with Gasteiger partial charge in [0.15, 0.2) is 0 Å². The van der Waals surface area contributed by atoms with Crippen molar-refractivity contribution in [1.82, 2.24) is 5.32 Å². The van der Waals surface area contributed by atoms with Crippen molar-refractivity contribution in [2.75, 3.05) is 19.0 Å². The fraction of sp³-hybridized carbons (Fsp3) is 0.467. The molecule has 2 amide bonds. The van der Waals surface area contributed by atoms with Crippen LogP contribution in [0.4, 0.5) is 10.5 Å². The first-order chi connectivity index (χ1) is 10.4. The summed E-state index contributed by atoms with van der Waals surface area (Å²) in [6.07, 6.45) is -0.621. The molecule has 0 saturated heterocycles. The monoisotopic (exact) mass is 328 g/mol. The minimum atomic E-state index is -0.708. The summed E-state index contributed by atoms with van der Waals surface area (Å²) in [5, 5.41) is 5.65. The second kappa shape index (κ2) is 8.48. The first kappa shape index (κ1) is 18.1. The molecule has 1 aromatic carbocycles. The second-order valence-corrected chi connectivity index (χ2v) is 5.33. The van der Waals surface area contributed by atoms with Crippen molar-refractivity contribution in [1.29, 1.82) is 0 Å². The molecule has 1 rings (SSSR count). The minimum Gasteiger partial charge on any atom is -0.495 e. The lowest BCUT2D eigenvalue weighted by Crippen LogP contribution is -2.47. The third kappa shape index (κ3) is 5.11. The molecule has 2 N–H and O–H groups in total. The summed E-state index contributed by atoms with van der Waals surface area (Å²) < 4.78 is 9.86. The number of rotatable bonds is 6. The van der Waals surface area contributed by atoms with Gasteiger partial charge in [-0.15, -0.1) is 0 Å². The number of nitrogens with one attached hydrogen (secondary N) is 2. The summed E-state index contributed by atoms with van der Waals surface area (Å²) in [7, 11) is 1.51. The Labute approximate surface area is 135 Å². The highest BCUT2D eigenvalue weighted by Gasteiger charge is 2.25. The van der Waals surface area contributed by atoms with Gasteiger partial charge in [0.25, 0.3) is 0 Å². The number of carbonyl (C=O) groups excluding carboxylic acids is 2. The van der Waals surface area contributed by atoms with E-state index in [1.807, 2.05) is 13.8 Å². The molecule has 1 aromatic rings. The van der Waals surface area contributed by atoms with Crippen molar-refractivity contribution in [3.8, 4) is 5.75 Å². The van der Waals surface area contributed by atoms with E-state index in [9.17, 15) is 9.59 Å². The lowest BCUT2D eigenvalue weighted by Gasteiger charge is -2.21. The van der Waals surface area contributed by atoms with E-state index in [0.29, 0.717) is 16.5 Å². The van der Waals surface area contributed by atoms with E-state index in [1.165, 1.54) is 7.11 Å². The molecule has 1 atom stereocenters. The van der Waals surface area contributed by atoms with E-state index >= 15 is 0 Å². The first-order valence-electron chi connectivity index (χ1n) is 6.96. The maximum atomic E-state index is 12.3. The zero-order chi connectivity index (χ0) is 16.7. The van der Waals surface area contributed by atoms with Gasteiger partial charge in [0, 0.05) is 5.69 Å². The van der Waals surface area contributed by atoms with E-state index in [2.05, 4.69) is 10.6 Å². The molecule has 0 aliphatic heterocycles. The maximum Gasteiger partial charge on any atom is 0.407 e. The van der Waals surface area contributed by atoms with Gasteiger partial charge in [-0.1, -0.05) is 25.4 Å². The molecule has 0 bridgehead atoms. The molecule has 0 spiro atoms. The lowest BCUT2D eigenvalue weighted by molar-refractivity contribution is -0.119. The van der Waals surface area contributed by atoms with Crippen LogP contribution in [0.1, 0.15) is 20.8 Å². The molecule has 22 heavy (non-hydrogen) atoms. The summed E-state index contributed by atoms with van der Waals surface area (Å²) in [6, 6.07) is 4.20. The summed E-state index contributed by atoms with van der Waals surface area (Å²) in [5.41, 5.74) is 0.520. The molecule has 0 saturated carbocycles. The average molecular weight is 329 g/mol. The molecule has 0 fully saturated rings. The highest BCUT2D eigenvalue weighted by Crippen LogP contribution is 2.27. The van der Waals surface area contributed by atoms with Crippen molar-refractivity contribution in [2.24, 2.45) is 5.92 Å². The van der Waals surface area contributed by atoms with Crippen molar-refractivity contribution >= 4 is 29.3 Å². The van der Waals surface area contributed by atoms with Crippen LogP contribution < -0.4 is 15.4 Å². The van der Waals surface area contributed by atoms with E-state index in [0.717, 1.165) is 0 Å². The Kier molecular flexibility index (Phi) is 6.98. The van der Waals surface area contributed by atoms with Crippen LogP contribution in [0.25, 0.3) is 0 Å². The van der Waals surface area contributed by atoms with E-state index in [-0.39, 0.29) is 18.4 Å². The number of ether oxygens (including phenoxy) is 2.